The van der Waals surface area contributed by atoms with Crippen LogP contribution in [0.1, 0.15) is 36.8 Å². The maximum absolute atomic E-state index is 8.96. The number of methoxy groups -OCH3 is 1. The van der Waals surface area contributed by atoms with Gasteiger partial charge in [-0.1, -0.05) is 24.3 Å². The van der Waals surface area contributed by atoms with Crippen molar-refractivity contribution in [3.05, 3.63) is 59.7 Å². The van der Waals surface area contributed by atoms with E-state index in [-0.39, 0.29) is 0 Å². The first-order valence-electron chi connectivity index (χ1n) is 10.7. The van der Waals surface area contributed by atoms with Gasteiger partial charge in [-0.2, -0.15) is 5.48 Å². The first-order chi connectivity index (χ1) is 14.6. The second kappa shape index (κ2) is 14.0. The van der Waals surface area contributed by atoms with Crippen molar-refractivity contribution in [2.45, 2.75) is 45.3 Å². The van der Waals surface area contributed by atoms with E-state index in [1.54, 1.807) is 36.9 Å². The Balaban J connectivity index is 0.000000214. The van der Waals surface area contributed by atoms with Crippen LogP contribution in [-0.4, -0.2) is 54.8 Å². The molecule has 1 atom stereocenters. The molecule has 3 N–H and O–H groups in total. The van der Waals surface area contributed by atoms with Crippen LogP contribution in [0.25, 0.3) is 0 Å². The van der Waals surface area contributed by atoms with Crippen molar-refractivity contribution in [3.8, 4) is 11.5 Å². The van der Waals surface area contributed by atoms with Crippen LogP contribution < -0.4 is 15.0 Å². The van der Waals surface area contributed by atoms with E-state index < -0.39 is 6.23 Å². The van der Waals surface area contributed by atoms with E-state index >= 15 is 0 Å². The van der Waals surface area contributed by atoms with Crippen LogP contribution in [0, 0.1) is 6.92 Å². The van der Waals surface area contributed by atoms with Crippen molar-refractivity contribution in [2.24, 2.45) is 0 Å². The fraction of sp³-hybridized carbons (Fsp3) is 0.500. The fourth-order valence-corrected chi connectivity index (χ4v) is 3.41. The van der Waals surface area contributed by atoms with Crippen molar-refractivity contribution in [3.63, 3.8) is 0 Å². The molecular formula is C24H36N2O4. The van der Waals surface area contributed by atoms with Gasteiger partial charge < -0.3 is 24.7 Å². The largest absolute Gasteiger partial charge is 0.497 e. The summed E-state index contributed by atoms with van der Waals surface area (Å²) in [5, 5.41) is 17.3. The van der Waals surface area contributed by atoms with Crippen LogP contribution in [-0.2, 0) is 6.42 Å². The maximum atomic E-state index is 8.96. The van der Waals surface area contributed by atoms with Gasteiger partial charge in [0.05, 0.1) is 13.7 Å². The molecule has 3 rings (SSSR count). The Morgan fingerprint density at radius 1 is 1.03 bits per heavy atom. The fourth-order valence-electron chi connectivity index (χ4n) is 3.41. The molecule has 1 aliphatic rings. The van der Waals surface area contributed by atoms with Crippen molar-refractivity contribution in [1.29, 1.82) is 0 Å². The maximum Gasteiger partial charge on any atom is 0.130 e. The molecule has 0 spiro atoms. The summed E-state index contributed by atoms with van der Waals surface area (Å²) in [5.41, 5.74) is 4.69. The Morgan fingerprint density at radius 2 is 1.70 bits per heavy atom. The third kappa shape index (κ3) is 9.13. The monoisotopic (exact) mass is 416 g/mol. The first kappa shape index (κ1) is 24.2. The van der Waals surface area contributed by atoms with E-state index in [0.29, 0.717) is 18.8 Å². The molecule has 0 aliphatic carbocycles. The van der Waals surface area contributed by atoms with Gasteiger partial charge in [0, 0.05) is 6.42 Å². The van der Waals surface area contributed by atoms with Gasteiger partial charge in [-0.05, 0) is 87.6 Å². The standard InChI is InChI=1S/C14H21N.C10H15NO4/c1-13-7-2-3-8-14(13)9-6-12-15-10-4-5-11-15;1-14-8-2-4-9(5-3-8)15-7-6-10(12)11-13/h2-3,7-8H,4-6,9-12H2,1H3;2-5,10-13H,6-7H2,1H3. The lowest BCUT2D eigenvalue weighted by atomic mass is 10.0. The second-order valence-corrected chi connectivity index (χ2v) is 7.54. The van der Waals surface area contributed by atoms with E-state index in [0.717, 1.165) is 5.75 Å². The molecule has 0 amide bonds. The number of nitrogens with zero attached hydrogens (tertiary/aromatic N) is 1. The highest BCUT2D eigenvalue weighted by molar-refractivity contribution is 5.31. The van der Waals surface area contributed by atoms with E-state index in [1.165, 1.54) is 56.4 Å². The number of hydroxylamine groups is 1. The first-order valence-corrected chi connectivity index (χ1v) is 10.7. The van der Waals surface area contributed by atoms with Crippen LogP contribution in [0.15, 0.2) is 48.5 Å². The lowest BCUT2D eigenvalue weighted by Crippen LogP contribution is -2.26. The minimum Gasteiger partial charge on any atom is -0.497 e. The Morgan fingerprint density at radius 3 is 2.33 bits per heavy atom. The number of aryl methyl sites for hydroxylation is 2. The molecule has 0 bridgehead atoms. The van der Waals surface area contributed by atoms with Gasteiger partial charge in [0.1, 0.15) is 17.7 Å². The number of aliphatic hydroxyl groups is 1. The number of aliphatic hydroxyl groups excluding tert-OH is 1. The summed E-state index contributed by atoms with van der Waals surface area (Å²) in [7, 11) is 1.60. The summed E-state index contributed by atoms with van der Waals surface area (Å²) in [6.07, 6.45) is 4.72. The summed E-state index contributed by atoms with van der Waals surface area (Å²) < 4.78 is 10.3. The highest BCUT2D eigenvalue weighted by atomic mass is 16.5. The molecular weight excluding hydrogens is 380 g/mol. The van der Waals surface area contributed by atoms with Gasteiger partial charge >= 0.3 is 0 Å². The van der Waals surface area contributed by atoms with Crippen molar-refractivity contribution < 1.29 is 19.8 Å². The van der Waals surface area contributed by atoms with Crippen LogP contribution in [0.3, 0.4) is 0 Å². The Kier molecular flexibility index (Phi) is 11.3. The van der Waals surface area contributed by atoms with E-state index in [1.807, 2.05) is 0 Å². The van der Waals surface area contributed by atoms with Gasteiger partial charge in [-0.25, -0.2) is 0 Å². The molecule has 1 unspecified atom stereocenters. The quantitative estimate of drug-likeness (QED) is 0.404. The van der Waals surface area contributed by atoms with Gasteiger partial charge in [-0.3, -0.25) is 0 Å². The van der Waals surface area contributed by atoms with Crippen LogP contribution >= 0.6 is 0 Å². The third-order valence-electron chi connectivity index (χ3n) is 5.25. The van der Waals surface area contributed by atoms with Gasteiger partial charge in [0.25, 0.3) is 0 Å². The normalized spacial score (nSPS) is 14.7. The predicted molar refractivity (Wildman–Crippen MR) is 119 cm³/mol. The van der Waals surface area contributed by atoms with E-state index in [2.05, 4.69) is 36.1 Å². The third-order valence-corrected chi connectivity index (χ3v) is 5.25. The van der Waals surface area contributed by atoms with Crippen LogP contribution in [0.2, 0.25) is 0 Å². The summed E-state index contributed by atoms with van der Waals surface area (Å²) in [5.74, 6) is 1.46. The molecule has 2 aromatic carbocycles. The zero-order valence-corrected chi connectivity index (χ0v) is 18.2. The molecule has 1 fully saturated rings. The number of nitrogens with one attached hydrogen (secondary N) is 1. The van der Waals surface area contributed by atoms with Crippen LogP contribution in [0.4, 0.5) is 0 Å². The van der Waals surface area contributed by atoms with E-state index in [4.69, 9.17) is 19.8 Å². The summed E-state index contributed by atoms with van der Waals surface area (Å²) in [6.45, 7) is 6.47. The van der Waals surface area contributed by atoms with Gasteiger partial charge in [0.2, 0.25) is 0 Å². The summed E-state index contributed by atoms with van der Waals surface area (Å²) in [4.78, 5) is 2.60. The van der Waals surface area contributed by atoms with Crippen molar-refractivity contribution >= 4 is 0 Å². The molecule has 166 valence electrons. The van der Waals surface area contributed by atoms with Gasteiger partial charge in [0.15, 0.2) is 0 Å². The highest BCUT2D eigenvalue weighted by Crippen LogP contribution is 2.17. The molecule has 30 heavy (non-hydrogen) atoms. The lowest BCUT2D eigenvalue weighted by Gasteiger charge is -2.14. The molecule has 2 aromatic rings. The Bertz CT molecular complexity index is 703. The molecule has 0 saturated carbocycles. The minimum absolute atomic E-state index is 0.308. The Hall–Kier alpha value is -2.12. The average molecular weight is 417 g/mol. The summed E-state index contributed by atoms with van der Waals surface area (Å²) >= 11 is 0. The molecule has 1 heterocycles. The number of benzene rings is 2. The van der Waals surface area contributed by atoms with E-state index in [9.17, 15) is 0 Å². The number of rotatable bonds is 10. The molecule has 1 aliphatic heterocycles. The minimum atomic E-state index is -0.955. The highest BCUT2D eigenvalue weighted by Gasteiger charge is 2.10. The molecule has 0 radical (unpaired) electrons. The second-order valence-electron chi connectivity index (χ2n) is 7.54. The van der Waals surface area contributed by atoms with Crippen LogP contribution in [0.5, 0.6) is 11.5 Å². The molecule has 0 aromatic heterocycles. The molecule has 1 saturated heterocycles. The van der Waals surface area contributed by atoms with Crippen molar-refractivity contribution in [1.82, 2.24) is 10.4 Å². The average Bonchev–Trinajstić information content (AvgIpc) is 3.29. The molecule has 6 nitrogen and oxygen atoms in total. The Labute approximate surface area is 180 Å². The van der Waals surface area contributed by atoms with Crippen molar-refractivity contribution in [2.75, 3.05) is 33.4 Å². The topological polar surface area (TPSA) is 74.2 Å². The zero-order chi connectivity index (χ0) is 21.6. The lowest BCUT2D eigenvalue weighted by molar-refractivity contribution is -0.00920. The summed E-state index contributed by atoms with van der Waals surface area (Å²) in [6, 6.07) is 15.9. The number of hydrogen-bond donors (Lipinski definition) is 3. The molecule has 6 heteroatoms. The SMILES string of the molecule is COc1ccc(OCCC(O)NO)cc1.Cc1ccccc1CCCN1CCCC1. The van der Waals surface area contributed by atoms with Gasteiger partial charge in [-0.15, -0.1) is 0 Å². The number of hydrogen-bond acceptors (Lipinski definition) is 6. The zero-order valence-electron chi connectivity index (χ0n) is 18.2. The number of ether oxygens (including phenoxy) is 2. The number of likely N-dealkylation sites (tertiary alicyclic amines) is 1. The predicted octanol–water partition coefficient (Wildman–Crippen LogP) is 3.78. The smallest absolute Gasteiger partial charge is 0.130 e.